The SMILES string of the molecule is Cc1nnc(CNC(=NCc2ccccc2)NCc2cccc3c2OCCCO3)n1C. The van der Waals surface area contributed by atoms with Gasteiger partial charge in [-0.05, 0) is 18.6 Å². The molecule has 2 aromatic carbocycles. The third-order valence-corrected chi connectivity index (χ3v) is 5.16. The van der Waals surface area contributed by atoms with Crippen LogP contribution in [0.3, 0.4) is 0 Å². The Morgan fingerprint density at radius 2 is 1.81 bits per heavy atom. The standard InChI is InChI=1S/C23H28N6O2/c1-17-27-28-21(29(17)2)16-26-23(24-14-18-8-4-3-5-9-18)25-15-19-10-6-11-20-22(19)31-13-7-12-30-20/h3-6,8-11H,7,12-16H2,1-2H3,(H2,24,25,26). The van der Waals surface area contributed by atoms with E-state index in [0.29, 0.717) is 38.8 Å². The van der Waals surface area contributed by atoms with Gasteiger partial charge < -0.3 is 24.7 Å². The lowest BCUT2D eigenvalue weighted by Gasteiger charge is -2.16. The Morgan fingerprint density at radius 1 is 1.00 bits per heavy atom. The minimum absolute atomic E-state index is 0.518. The van der Waals surface area contributed by atoms with Gasteiger partial charge in [-0.1, -0.05) is 42.5 Å². The van der Waals surface area contributed by atoms with Crippen molar-refractivity contribution in [2.45, 2.75) is 33.0 Å². The molecule has 0 saturated carbocycles. The van der Waals surface area contributed by atoms with Gasteiger partial charge >= 0.3 is 0 Å². The topological polar surface area (TPSA) is 85.6 Å². The predicted octanol–water partition coefficient (Wildman–Crippen LogP) is 2.72. The summed E-state index contributed by atoms with van der Waals surface area (Å²) >= 11 is 0. The summed E-state index contributed by atoms with van der Waals surface area (Å²) in [7, 11) is 1.96. The number of benzene rings is 2. The van der Waals surface area contributed by atoms with Gasteiger partial charge in [-0.15, -0.1) is 10.2 Å². The predicted molar refractivity (Wildman–Crippen MR) is 119 cm³/mol. The van der Waals surface area contributed by atoms with Crippen molar-refractivity contribution in [3.05, 3.63) is 71.3 Å². The van der Waals surface area contributed by atoms with Gasteiger partial charge in [0, 0.05) is 25.6 Å². The van der Waals surface area contributed by atoms with Gasteiger partial charge in [0.15, 0.2) is 23.3 Å². The molecule has 1 aromatic heterocycles. The van der Waals surface area contributed by atoms with Crippen LogP contribution in [0, 0.1) is 6.92 Å². The van der Waals surface area contributed by atoms with Gasteiger partial charge in [-0.3, -0.25) is 0 Å². The summed E-state index contributed by atoms with van der Waals surface area (Å²) in [4.78, 5) is 4.76. The number of para-hydroxylation sites is 1. The summed E-state index contributed by atoms with van der Waals surface area (Å²) in [6.45, 7) is 4.91. The van der Waals surface area contributed by atoms with Crippen LogP contribution in [0.25, 0.3) is 0 Å². The Labute approximate surface area is 182 Å². The maximum Gasteiger partial charge on any atom is 0.192 e. The van der Waals surface area contributed by atoms with E-state index < -0.39 is 0 Å². The number of fused-ring (bicyclic) bond motifs is 1. The number of hydrogen-bond donors (Lipinski definition) is 2. The fourth-order valence-electron chi connectivity index (χ4n) is 3.27. The van der Waals surface area contributed by atoms with Gasteiger partial charge in [0.2, 0.25) is 0 Å². The van der Waals surface area contributed by atoms with Crippen molar-refractivity contribution in [2.24, 2.45) is 12.0 Å². The quantitative estimate of drug-likeness (QED) is 0.471. The average molecular weight is 421 g/mol. The molecule has 3 aromatic rings. The molecule has 0 fully saturated rings. The Balaban J connectivity index is 1.48. The highest BCUT2D eigenvalue weighted by atomic mass is 16.5. The molecule has 0 aliphatic carbocycles. The molecule has 8 nitrogen and oxygen atoms in total. The number of aromatic nitrogens is 3. The Hall–Kier alpha value is -3.55. The van der Waals surface area contributed by atoms with Gasteiger partial charge in [0.05, 0.1) is 26.3 Å². The molecule has 0 amide bonds. The summed E-state index contributed by atoms with van der Waals surface area (Å²) in [5, 5.41) is 15.1. The third-order valence-electron chi connectivity index (χ3n) is 5.16. The monoisotopic (exact) mass is 420 g/mol. The molecule has 0 atom stereocenters. The van der Waals surface area contributed by atoms with Crippen LogP contribution in [0.15, 0.2) is 53.5 Å². The summed E-state index contributed by atoms with van der Waals surface area (Å²) in [6, 6.07) is 16.1. The van der Waals surface area contributed by atoms with Crippen LogP contribution in [-0.2, 0) is 26.7 Å². The summed E-state index contributed by atoms with van der Waals surface area (Å²) in [6.07, 6.45) is 0.879. The van der Waals surface area contributed by atoms with Crippen LogP contribution >= 0.6 is 0 Å². The smallest absolute Gasteiger partial charge is 0.192 e. The number of ether oxygens (including phenoxy) is 2. The Kier molecular flexibility index (Phi) is 6.66. The van der Waals surface area contributed by atoms with Gasteiger partial charge in [-0.2, -0.15) is 0 Å². The number of nitrogens with one attached hydrogen (secondary N) is 2. The van der Waals surface area contributed by atoms with E-state index in [0.717, 1.165) is 40.7 Å². The first-order valence-corrected chi connectivity index (χ1v) is 10.5. The number of nitrogens with zero attached hydrogens (tertiary/aromatic N) is 4. The molecule has 8 heteroatoms. The van der Waals surface area contributed by atoms with Gasteiger partial charge in [-0.25, -0.2) is 4.99 Å². The molecule has 1 aliphatic rings. The molecular weight excluding hydrogens is 392 g/mol. The van der Waals surface area contributed by atoms with Crippen LogP contribution < -0.4 is 20.1 Å². The maximum absolute atomic E-state index is 5.94. The van der Waals surface area contributed by atoms with E-state index in [1.54, 1.807) is 0 Å². The summed E-state index contributed by atoms with van der Waals surface area (Å²) in [5.41, 5.74) is 2.17. The lowest BCUT2D eigenvalue weighted by molar-refractivity contribution is 0.296. The maximum atomic E-state index is 5.94. The average Bonchev–Trinajstić information content (AvgIpc) is 2.98. The molecule has 162 valence electrons. The van der Waals surface area contributed by atoms with Crippen LogP contribution in [0.1, 0.15) is 29.2 Å². The molecule has 0 radical (unpaired) electrons. The number of guanidine groups is 1. The third kappa shape index (κ3) is 5.33. The van der Waals surface area contributed by atoms with Gasteiger partial charge in [0.1, 0.15) is 5.82 Å². The lowest BCUT2D eigenvalue weighted by Crippen LogP contribution is -2.37. The van der Waals surface area contributed by atoms with E-state index >= 15 is 0 Å². The van der Waals surface area contributed by atoms with Crippen molar-refractivity contribution in [3.8, 4) is 11.5 Å². The second-order valence-electron chi connectivity index (χ2n) is 7.37. The molecule has 0 saturated heterocycles. The van der Waals surface area contributed by atoms with E-state index in [2.05, 4.69) is 33.0 Å². The van der Waals surface area contributed by atoms with Crippen LogP contribution in [-0.4, -0.2) is 33.9 Å². The first-order valence-electron chi connectivity index (χ1n) is 10.5. The molecule has 0 unspecified atom stereocenters. The normalized spacial score (nSPS) is 13.5. The molecule has 1 aliphatic heterocycles. The lowest BCUT2D eigenvalue weighted by atomic mass is 10.2. The van der Waals surface area contributed by atoms with Crippen LogP contribution in [0.5, 0.6) is 11.5 Å². The molecule has 2 N–H and O–H groups in total. The van der Waals surface area contributed by atoms with Crippen molar-refractivity contribution in [2.75, 3.05) is 13.2 Å². The molecule has 2 heterocycles. The van der Waals surface area contributed by atoms with Crippen molar-refractivity contribution >= 4 is 5.96 Å². The van der Waals surface area contributed by atoms with E-state index in [-0.39, 0.29) is 0 Å². The first kappa shape index (κ1) is 20.7. The summed E-state index contributed by atoms with van der Waals surface area (Å²) < 4.78 is 13.7. The highest BCUT2D eigenvalue weighted by molar-refractivity contribution is 5.79. The Morgan fingerprint density at radius 3 is 2.61 bits per heavy atom. The zero-order valence-corrected chi connectivity index (χ0v) is 18.0. The van der Waals surface area contributed by atoms with E-state index in [1.165, 1.54) is 0 Å². The number of aliphatic imine (C=N–C) groups is 1. The summed E-state index contributed by atoms with van der Waals surface area (Å²) in [5.74, 6) is 4.01. The highest BCUT2D eigenvalue weighted by Gasteiger charge is 2.15. The van der Waals surface area contributed by atoms with Crippen molar-refractivity contribution < 1.29 is 9.47 Å². The fraction of sp³-hybridized carbons (Fsp3) is 0.348. The highest BCUT2D eigenvalue weighted by Crippen LogP contribution is 2.33. The van der Waals surface area contributed by atoms with Crippen LogP contribution in [0.2, 0.25) is 0 Å². The molecule has 0 spiro atoms. The Bertz CT molecular complexity index is 1030. The molecule has 4 rings (SSSR count). The minimum atomic E-state index is 0.518. The second-order valence-corrected chi connectivity index (χ2v) is 7.37. The number of aryl methyl sites for hydroxylation is 1. The molecule has 0 bridgehead atoms. The number of rotatable bonds is 6. The zero-order valence-electron chi connectivity index (χ0n) is 18.0. The zero-order chi connectivity index (χ0) is 21.5. The minimum Gasteiger partial charge on any atom is -0.490 e. The largest absolute Gasteiger partial charge is 0.490 e. The van der Waals surface area contributed by atoms with Crippen molar-refractivity contribution in [3.63, 3.8) is 0 Å². The van der Waals surface area contributed by atoms with Crippen LogP contribution in [0.4, 0.5) is 0 Å². The fourth-order valence-corrected chi connectivity index (χ4v) is 3.27. The van der Waals surface area contributed by atoms with E-state index in [9.17, 15) is 0 Å². The van der Waals surface area contributed by atoms with E-state index in [4.69, 9.17) is 14.5 Å². The molecule has 31 heavy (non-hydrogen) atoms. The van der Waals surface area contributed by atoms with Gasteiger partial charge in [0.25, 0.3) is 0 Å². The van der Waals surface area contributed by atoms with Crippen molar-refractivity contribution in [1.82, 2.24) is 25.4 Å². The number of hydrogen-bond acceptors (Lipinski definition) is 5. The van der Waals surface area contributed by atoms with Crippen molar-refractivity contribution in [1.29, 1.82) is 0 Å². The van der Waals surface area contributed by atoms with E-state index in [1.807, 2.05) is 54.9 Å². The molecular formula is C23H28N6O2. The first-order chi connectivity index (χ1) is 15.2. The second kappa shape index (κ2) is 9.97.